The molecule has 0 N–H and O–H groups in total. The Balaban J connectivity index is 0.000000115. The van der Waals surface area contributed by atoms with Crippen LogP contribution in [0.5, 0.6) is 0 Å². The molecule has 6 aliphatic rings. The third-order valence-corrected chi connectivity index (χ3v) is 7.50. The number of hydrogen-bond acceptors (Lipinski definition) is 5. The van der Waals surface area contributed by atoms with Crippen LogP contribution in [0.2, 0.25) is 0 Å². The lowest BCUT2D eigenvalue weighted by atomic mass is 9.80. The number of rotatable bonds is 0. The SMILES string of the molecule is C=C1CC2CCC(C1)C21OCCO1.O=C1CC2CCC(C1)C21OCCO1. The quantitative estimate of drug-likeness (QED) is 0.619. The lowest BCUT2D eigenvalue weighted by Gasteiger charge is -2.39. The summed E-state index contributed by atoms with van der Waals surface area (Å²) >= 11 is 0. The van der Waals surface area contributed by atoms with Gasteiger partial charge >= 0.3 is 0 Å². The topological polar surface area (TPSA) is 54.0 Å². The third-order valence-electron chi connectivity index (χ3n) is 7.50. The van der Waals surface area contributed by atoms with Gasteiger partial charge in [-0.3, -0.25) is 4.79 Å². The van der Waals surface area contributed by atoms with E-state index in [9.17, 15) is 4.79 Å². The Kier molecular flexibility index (Phi) is 4.27. The second-order valence-electron chi connectivity index (χ2n) is 8.88. The molecule has 4 bridgehead atoms. The number of ether oxygens (including phenoxy) is 4. The average molecular weight is 362 g/mol. The molecule has 2 aliphatic heterocycles. The van der Waals surface area contributed by atoms with E-state index in [1.807, 2.05) is 0 Å². The van der Waals surface area contributed by atoms with E-state index in [2.05, 4.69) is 6.58 Å². The van der Waals surface area contributed by atoms with Crippen LogP contribution in [0.25, 0.3) is 0 Å². The van der Waals surface area contributed by atoms with E-state index >= 15 is 0 Å². The normalized spacial score (nSPS) is 41.7. The first-order valence-corrected chi connectivity index (χ1v) is 10.4. The number of Topliss-reactive ketones (excluding diaryl/α,β-unsaturated/α-hetero) is 1. The van der Waals surface area contributed by atoms with Crippen LogP contribution in [0, 0.1) is 23.7 Å². The highest BCUT2D eigenvalue weighted by molar-refractivity contribution is 5.80. The van der Waals surface area contributed by atoms with Gasteiger partial charge in [0.2, 0.25) is 0 Å². The summed E-state index contributed by atoms with van der Waals surface area (Å²) in [5.41, 5.74) is 1.40. The molecule has 0 aromatic carbocycles. The van der Waals surface area contributed by atoms with Gasteiger partial charge in [0.15, 0.2) is 11.6 Å². The highest BCUT2D eigenvalue weighted by Gasteiger charge is 2.58. The maximum atomic E-state index is 11.4. The van der Waals surface area contributed by atoms with E-state index < -0.39 is 0 Å². The Hall–Kier alpha value is -0.750. The van der Waals surface area contributed by atoms with Crippen LogP contribution in [-0.2, 0) is 23.7 Å². The lowest BCUT2D eigenvalue weighted by molar-refractivity contribution is -0.220. The van der Waals surface area contributed by atoms with Crippen LogP contribution < -0.4 is 0 Å². The fourth-order valence-corrected chi connectivity index (χ4v) is 6.50. The van der Waals surface area contributed by atoms with E-state index in [1.54, 1.807) is 0 Å². The van der Waals surface area contributed by atoms with Crippen molar-refractivity contribution in [3.8, 4) is 0 Å². The maximum Gasteiger partial charge on any atom is 0.174 e. The summed E-state index contributed by atoms with van der Waals surface area (Å²) in [7, 11) is 0. The van der Waals surface area contributed by atoms with Gasteiger partial charge in [-0.1, -0.05) is 12.2 Å². The molecule has 144 valence electrons. The molecule has 0 aromatic rings. The van der Waals surface area contributed by atoms with Crippen molar-refractivity contribution >= 4 is 5.78 Å². The van der Waals surface area contributed by atoms with Crippen LogP contribution in [0.3, 0.4) is 0 Å². The van der Waals surface area contributed by atoms with E-state index in [-0.39, 0.29) is 11.6 Å². The molecule has 0 aromatic heterocycles. The summed E-state index contributed by atoms with van der Waals surface area (Å²) in [5.74, 6) is 1.77. The molecular formula is C21H30O5. The second-order valence-corrected chi connectivity index (χ2v) is 8.88. The molecule has 6 fully saturated rings. The molecule has 26 heavy (non-hydrogen) atoms. The summed E-state index contributed by atoms with van der Waals surface area (Å²) in [6.07, 6.45) is 8.35. The zero-order valence-corrected chi connectivity index (χ0v) is 15.5. The van der Waals surface area contributed by atoms with E-state index in [1.165, 1.54) is 18.4 Å². The number of carbonyl (C=O) groups excluding carboxylic acids is 1. The standard InChI is InChI=1S/C11H16O2.C10H14O3/c1-8-6-9-2-3-10(7-8)11(9)12-4-5-13-11;11-9-5-7-1-2-8(6-9)10(7)12-3-4-13-10/h9-10H,1-7H2;7-8H,1-6H2. The summed E-state index contributed by atoms with van der Waals surface area (Å²) in [6, 6.07) is 0. The highest BCUT2D eigenvalue weighted by Crippen LogP contribution is 2.55. The zero-order chi connectivity index (χ0) is 17.8. The van der Waals surface area contributed by atoms with Crippen LogP contribution in [0.1, 0.15) is 51.4 Å². The summed E-state index contributed by atoms with van der Waals surface area (Å²) in [4.78, 5) is 11.4. The lowest BCUT2D eigenvalue weighted by Crippen LogP contribution is -2.46. The minimum Gasteiger partial charge on any atom is -0.347 e. The van der Waals surface area contributed by atoms with Gasteiger partial charge in [0, 0.05) is 36.5 Å². The molecule has 0 radical (unpaired) electrons. The maximum absolute atomic E-state index is 11.4. The smallest absolute Gasteiger partial charge is 0.174 e. The van der Waals surface area contributed by atoms with Crippen LogP contribution in [-0.4, -0.2) is 43.8 Å². The first-order chi connectivity index (χ1) is 12.6. The van der Waals surface area contributed by atoms with Crippen molar-refractivity contribution in [3.05, 3.63) is 12.2 Å². The van der Waals surface area contributed by atoms with Gasteiger partial charge in [0.05, 0.1) is 26.4 Å². The molecule has 5 heteroatoms. The minimum absolute atomic E-state index is 0.179. The van der Waals surface area contributed by atoms with Gasteiger partial charge in [0.1, 0.15) is 5.78 Å². The monoisotopic (exact) mass is 362 g/mol. The van der Waals surface area contributed by atoms with Crippen molar-refractivity contribution in [2.45, 2.75) is 62.9 Å². The fraction of sp³-hybridized carbons (Fsp3) is 0.857. The Morgan fingerprint density at radius 3 is 1.38 bits per heavy atom. The Morgan fingerprint density at radius 1 is 0.654 bits per heavy atom. The fourth-order valence-electron chi connectivity index (χ4n) is 6.50. The van der Waals surface area contributed by atoms with Crippen molar-refractivity contribution < 1.29 is 23.7 Å². The van der Waals surface area contributed by atoms with E-state index in [4.69, 9.17) is 18.9 Å². The second kappa shape index (κ2) is 6.40. The van der Waals surface area contributed by atoms with Gasteiger partial charge in [-0.2, -0.15) is 0 Å². The molecule has 6 rings (SSSR count). The Labute approximate surface area is 155 Å². The van der Waals surface area contributed by atoms with Crippen molar-refractivity contribution in [2.24, 2.45) is 23.7 Å². The number of ketones is 1. The number of allylic oxidation sites excluding steroid dienone is 1. The number of hydrogen-bond donors (Lipinski definition) is 0. The van der Waals surface area contributed by atoms with Gasteiger partial charge in [-0.15, -0.1) is 0 Å². The molecule has 2 spiro atoms. The predicted octanol–water partition coefficient (Wildman–Crippen LogP) is 3.22. The van der Waals surface area contributed by atoms with Gasteiger partial charge in [-0.25, -0.2) is 0 Å². The summed E-state index contributed by atoms with van der Waals surface area (Å²) in [5, 5.41) is 0. The largest absolute Gasteiger partial charge is 0.347 e. The minimum atomic E-state index is -0.339. The van der Waals surface area contributed by atoms with Crippen molar-refractivity contribution in [3.63, 3.8) is 0 Å². The zero-order valence-electron chi connectivity index (χ0n) is 15.5. The van der Waals surface area contributed by atoms with Gasteiger partial charge in [-0.05, 0) is 38.5 Å². The highest BCUT2D eigenvalue weighted by atomic mass is 16.7. The van der Waals surface area contributed by atoms with Crippen molar-refractivity contribution in [1.82, 2.24) is 0 Å². The van der Waals surface area contributed by atoms with Gasteiger partial charge in [0.25, 0.3) is 0 Å². The first kappa shape index (κ1) is 17.4. The van der Waals surface area contributed by atoms with Crippen molar-refractivity contribution in [1.29, 1.82) is 0 Å². The molecule has 5 nitrogen and oxygen atoms in total. The molecular weight excluding hydrogens is 332 g/mol. The molecule has 4 atom stereocenters. The van der Waals surface area contributed by atoms with Crippen LogP contribution in [0.4, 0.5) is 0 Å². The number of carbonyl (C=O) groups is 1. The average Bonchev–Trinajstić information content (AvgIpc) is 3.36. The summed E-state index contributed by atoms with van der Waals surface area (Å²) < 4.78 is 23.2. The van der Waals surface area contributed by atoms with Gasteiger partial charge < -0.3 is 18.9 Å². The molecule has 4 unspecified atom stereocenters. The Bertz CT molecular complexity index is 499. The third kappa shape index (κ3) is 2.55. The van der Waals surface area contributed by atoms with Crippen molar-refractivity contribution in [2.75, 3.05) is 26.4 Å². The Morgan fingerprint density at radius 2 is 1.00 bits per heavy atom. The predicted molar refractivity (Wildman–Crippen MR) is 94.3 cm³/mol. The molecule has 4 saturated carbocycles. The molecule has 4 aliphatic carbocycles. The van der Waals surface area contributed by atoms with Crippen LogP contribution >= 0.6 is 0 Å². The first-order valence-electron chi connectivity index (χ1n) is 10.4. The van der Waals surface area contributed by atoms with E-state index in [0.717, 1.165) is 38.9 Å². The van der Waals surface area contributed by atoms with E-state index in [0.29, 0.717) is 55.5 Å². The molecule has 2 heterocycles. The molecule has 2 saturated heterocycles. The van der Waals surface area contributed by atoms with Crippen LogP contribution in [0.15, 0.2) is 12.2 Å². The molecule has 0 amide bonds. The summed E-state index contributed by atoms with van der Waals surface area (Å²) in [6.45, 7) is 7.10.